The molecule has 0 radical (unpaired) electrons. The van der Waals surface area contributed by atoms with Crippen molar-refractivity contribution in [3.8, 4) is 0 Å². The summed E-state index contributed by atoms with van der Waals surface area (Å²) in [7, 11) is 0. The maximum absolute atomic E-state index is 13.2. The van der Waals surface area contributed by atoms with Gasteiger partial charge in [0.15, 0.2) is 11.6 Å². The van der Waals surface area contributed by atoms with Gasteiger partial charge < -0.3 is 5.73 Å². The first-order chi connectivity index (χ1) is 10.0. The van der Waals surface area contributed by atoms with Gasteiger partial charge in [0.2, 0.25) is 0 Å². The lowest BCUT2D eigenvalue weighted by atomic mass is 9.94. The molecule has 112 valence electrons. The first-order valence-corrected chi connectivity index (χ1v) is 7.36. The maximum Gasteiger partial charge on any atom is 0.159 e. The summed E-state index contributed by atoms with van der Waals surface area (Å²) in [6.45, 7) is 4.26. The second kappa shape index (κ2) is 6.81. The van der Waals surface area contributed by atoms with Crippen LogP contribution in [-0.4, -0.2) is 0 Å². The third-order valence-corrected chi connectivity index (χ3v) is 3.86. The molecule has 1 atom stereocenters. The van der Waals surface area contributed by atoms with Gasteiger partial charge in [-0.2, -0.15) is 0 Å². The van der Waals surface area contributed by atoms with E-state index in [1.807, 2.05) is 6.07 Å². The van der Waals surface area contributed by atoms with E-state index in [-0.39, 0.29) is 6.04 Å². The van der Waals surface area contributed by atoms with E-state index in [0.717, 1.165) is 24.5 Å². The summed E-state index contributed by atoms with van der Waals surface area (Å²) in [5.74, 6) is -1.65. The average Bonchev–Trinajstić information content (AvgIpc) is 2.50. The van der Waals surface area contributed by atoms with Crippen LogP contribution in [0.1, 0.15) is 42.1 Å². The molecule has 21 heavy (non-hydrogen) atoms. The summed E-state index contributed by atoms with van der Waals surface area (Å²) in [4.78, 5) is 0. The van der Waals surface area contributed by atoms with Crippen LogP contribution in [0, 0.1) is 11.6 Å². The highest BCUT2D eigenvalue weighted by Crippen LogP contribution is 2.21. The van der Waals surface area contributed by atoms with Crippen LogP contribution in [0.4, 0.5) is 8.78 Å². The summed E-state index contributed by atoms with van der Waals surface area (Å²) in [5, 5.41) is 0. The van der Waals surface area contributed by atoms with Crippen LogP contribution in [0.15, 0.2) is 36.4 Å². The minimum atomic E-state index is -0.826. The molecule has 0 aromatic heterocycles. The minimum absolute atomic E-state index is 0.217. The first-order valence-electron chi connectivity index (χ1n) is 7.36. The molecule has 1 nitrogen and oxygen atoms in total. The Morgan fingerprint density at radius 1 is 0.905 bits per heavy atom. The highest BCUT2D eigenvalue weighted by atomic mass is 19.2. The van der Waals surface area contributed by atoms with Crippen LogP contribution in [0.25, 0.3) is 0 Å². The Kier molecular flexibility index (Phi) is 5.07. The van der Waals surface area contributed by atoms with E-state index >= 15 is 0 Å². The van der Waals surface area contributed by atoms with Gasteiger partial charge >= 0.3 is 0 Å². The van der Waals surface area contributed by atoms with Crippen molar-refractivity contribution in [2.45, 2.75) is 39.2 Å². The zero-order valence-electron chi connectivity index (χ0n) is 12.5. The van der Waals surface area contributed by atoms with Crippen molar-refractivity contribution in [3.05, 3.63) is 70.3 Å². The Morgan fingerprint density at radius 3 is 2.24 bits per heavy atom. The van der Waals surface area contributed by atoms with Crippen molar-refractivity contribution < 1.29 is 8.78 Å². The van der Waals surface area contributed by atoms with Crippen LogP contribution in [0.5, 0.6) is 0 Å². The highest BCUT2D eigenvalue weighted by Gasteiger charge is 2.11. The molecule has 0 bridgehead atoms. The van der Waals surface area contributed by atoms with Gasteiger partial charge in [0, 0.05) is 6.04 Å². The van der Waals surface area contributed by atoms with E-state index in [1.54, 1.807) is 6.07 Å². The van der Waals surface area contributed by atoms with Gasteiger partial charge in [0.25, 0.3) is 0 Å². The molecule has 0 aliphatic rings. The normalized spacial score (nSPS) is 12.4. The van der Waals surface area contributed by atoms with Gasteiger partial charge in [0.1, 0.15) is 0 Å². The Morgan fingerprint density at radius 2 is 1.62 bits per heavy atom. The van der Waals surface area contributed by atoms with Gasteiger partial charge in [-0.25, -0.2) is 8.78 Å². The molecule has 0 fully saturated rings. The number of aryl methyl sites for hydroxylation is 2. The molecule has 0 spiro atoms. The molecule has 0 aliphatic heterocycles. The summed E-state index contributed by atoms with van der Waals surface area (Å²) in [6.07, 6.45) is 2.46. The van der Waals surface area contributed by atoms with Gasteiger partial charge in [0.05, 0.1) is 0 Å². The lowest BCUT2D eigenvalue weighted by molar-refractivity contribution is 0.506. The molecule has 2 aromatic rings. The molecule has 0 amide bonds. The third kappa shape index (κ3) is 3.67. The van der Waals surface area contributed by atoms with Crippen molar-refractivity contribution in [2.24, 2.45) is 5.73 Å². The van der Waals surface area contributed by atoms with E-state index in [4.69, 9.17) is 5.73 Å². The second-order valence-corrected chi connectivity index (χ2v) is 5.29. The maximum atomic E-state index is 13.2. The first kappa shape index (κ1) is 15.6. The van der Waals surface area contributed by atoms with Crippen LogP contribution in [-0.2, 0) is 19.3 Å². The van der Waals surface area contributed by atoms with Crippen LogP contribution < -0.4 is 5.73 Å². The van der Waals surface area contributed by atoms with Gasteiger partial charge in [-0.15, -0.1) is 0 Å². The van der Waals surface area contributed by atoms with Crippen LogP contribution in [0.3, 0.4) is 0 Å². The van der Waals surface area contributed by atoms with Gasteiger partial charge in [-0.05, 0) is 53.6 Å². The number of hydrogen-bond donors (Lipinski definition) is 1. The Balaban J connectivity index is 2.19. The summed E-state index contributed by atoms with van der Waals surface area (Å²) >= 11 is 0. The van der Waals surface area contributed by atoms with Gasteiger partial charge in [-0.3, -0.25) is 0 Å². The smallest absolute Gasteiger partial charge is 0.159 e. The predicted octanol–water partition coefficient (Wildman–Crippen LogP) is 4.33. The second-order valence-electron chi connectivity index (χ2n) is 5.29. The summed E-state index contributed by atoms with van der Waals surface area (Å²) < 4.78 is 26.2. The molecule has 2 N–H and O–H groups in total. The fourth-order valence-electron chi connectivity index (χ4n) is 2.59. The number of benzene rings is 2. The molecular weight excluding hydrogens is 268 g/mol. The quantitative estimate of drug-likeness (QED) is 0.871. The zero-order chi connectivity index (χ0) is 15.4. The Bertz CT molecular complexity index is 623. The number of hydrogen-bond acceptors (Lipinski definition) is 1. The Labute approximate surface area is 124 Å². The summed E-state index contributed by atoms with van der Waals surface area (Å²) in [5.41, 5.74) is 10.6. The van der Waals surface area contributed by atoms with E-state index in [1.165, 1.54) is 17.2 Å². The van der Waals surface area contributed by atoms with E-state index < -0.39 is 11.6 Å². The molecule has 2 rings (SSSR count). The molecule has 3 heteroatoms. The van der Waals surface area contributed by atoms with Crippen LogP contribution >= 0.6 is 0 Å². The largest absolute Gasteiger partial charge is 0.324 e. The lowest BCUT2D eigenvalue weighted by Gasteiger charge is -2.15. The molecular formula is C18H21F2N. The van der Waals surface area contributed by atoms with E-state index in [0.29, 0.717) is 12.0 Å². The molecule has 0 heterocycles. The fraction of sp³-hybridized carbons (Fsp3) is 0.333. The predicted molar refractivity (Wildman–Crippen MR) is 82.2 cm³/mol. The third-order valence-electron chi connectivity index (χ3n) is 3.86. The van der Waals surface area contributed by atoms with Gasteiger partial charge in [-0.1, -0.05) is 38.1 Å². The van der Waals surface area contributed by atoms with Crippen molar-refractivity contribution in [1.29, 1.82) is 0 Å². The highest BCUT2D eigenvalue weighted by molar-refractivity contribution is 5.34. The SMILES string of the molecule is CCc1ccc(C(N)Cc2ccc(F)c(F)c2)cc1CC. The number of rotatable bonds is 5. The number of halogens is 2. The van der Waals surface area contributed by atoms with E-state index in [2.05, 4.69) is 26.0 Å². The van der Waals surface area contributed by atoms with Crippen molar-refractivity contribution >= 4 is 0 Å². The lowest BCUT2D eigenvalue weighted by Crippen LogP contribution is -2.14. The monoisotopic (exact) mass is 289 g/mol. The van der Waals surface area contributed by atoms with Crippen LogP contribution in [0.2, 0.25) is 0 Å². The Hall–Kier alpha value is -1.74. The molecule has 1 unspecified atom stereocenters. The van der Waals surface area contributed by atoms with Crippen molar-refractivity contribution in [1.82, 2.24) is 0 Å². The molecule has 0 aliphatic carbocycles. The summed E-state index contributed by atoms with van der Waals surface area (Å²) in [6, 6.07) is 10.0. The molecule has 0 saturated heterocycles. The van der Waals surface area contributed by atoms with Crippen molar-refractivity contribution in [2.75, 3.05) is 0 Å². The molecule has 2 aromatic carbocycles. The minimum Gasteiger partial charge on any atom is -0.324 e. The zero-order valence-corrected chi connectivity index (χ0v) is 12.5. The topological polar surface area (TPSA) is 26.0 Å². The van der Waals surface area contributed by atoms with Crippen molar-refractivity contribution in [3.63, 3.8) is 0 Å². The number of nitrogens with two attached hydrogens (primary N) is 1. The molecule has 0 saturated carbocycles. The fourth-order valence-corrected chi connectivity index (χ4v) is 2.59. The van der Waals surface area contributed by atoms with E-state index in [9.17, 15) is 8.78 Å². The standard InChI is InChI=1S/C18H21F2N/c1-3-13-6-7-15(11-14(13)4-2)18(21)10-12-5-8-16(19)17(20)9-12/h5-9,11,18H,3-4,10,21H2,1-2H3. The average molecular weight is 289 g/mol.